The molecule has 0 fully saturated rings. The lowest BCUT2D eigenvalue weighted by atomic mass is 10.1. The molecule has 106 valence electrons. The Balaban J connectivity index is 2.04. The minimum absolute atomic E-state index is 0.0826. The fraction of sp³-hybridized carbons (Fsp3) is 0.133. The SMILES string of the molecule is Cc1cc2c(NCc3cccs3)ccc([N+](=O)[O-])c2cn1. The molecule has 0 unspecified atom stereocenters. The highest BCUT2D eigenvalue weighted by Crippen LogP contribution is 2.31. The molecule has 0 atom stereocenters. The molecule has 2 aromatic heterocycles. The summed E-state index contributed by atoms with van der Waals surface area (Å²) in [5.74, 6) is 0. The van der Waals surface area contributed by atoms with Gasteiger partial charge in [0, 0.05) is 40.5 Å². The third-order valence-electron chi connectivity index (χ3n) is 3.24. The van der Waals surface area contributed by atoms with E-state index in [0.29, 0.717) is 11.9 Å². The van der Waals surface area contributed by atoms with Gasteiger partial charge in [-0.1, -0.05) is 6.07 Å². The Morgan fingerprint density at radius 1 is 1.33 bits per heavy atom. The number of benzene rings is 1. The standard InChI is InChI=1S/C15H13N3O2S/c1-10-7-12-13(9-16-10)15(18(19)20)5-4-14(12)17-8-11-3-2-6-21-11/h2-7,9,17H,8H2,1H3. The van der Waals surface area contributed by atoms with Gasteiger partial charge in [-0.05, 0) is 30.5 Å². The van der Waals surface area contributed by atoms with Gasteiger partial charge in [0.25, 0.3) is 5.69 Å². The fourth-order valence-electron chi connectivity index (χ4n) is 2.24. The molecule has 0 amide bonds. The minimum Gasteiger partial charge on any atom is -0.380 e. The minimum atomic E-state index is -0.373. The maximum Gasteiger partial charge on any atom is 0.278 e. The normalized spacial score (nSPS) is 10.7. The van der Waals surface area contributed by atoms with Gasteiger partial charge in [0.2, 0.25) is 0 Å². The van der Waals surface area contributed by atoms with E-state index < -0.39 is 0 Å². The molecule has 1 N–H and O–H groups in total. The number of anilines is 1. The smallest absolute Gasteiger partial charge is 0.278 e. The number of non-ortho nitro benzene ring substituents is 1. The predicted octanol–water partition coefficient (Wildman–Crippen LogP) is 4.13. The van der Waals surface area contributed by atoms with E-state index in [0.717, 1.165) is 16.8 Å². The van der Waals surface area contributed by atoms with Gasteiger partial charge in [-0.2, -0.15) is 0 Å². The van der Waals surface area contributed by atoms with E-state index in [1.807, 2.05) is 24.4 Å². The second-order valence-corrected chi connectivity index (χ2v) is 5.73. The molecule has 5 nitrogen and oxygen atoms in total. The molecule has 0 saturated heterocycles. The van der Waals surface area contributed by atoms with Gasteiger partial charge >= 0.3 is 0 Å². The van der Waals surface area contributed by atoms with Crippen molar-refractivity contribution in [3.8, 4) is 0 Å². The van der Waals surface area contributed by atoms with E-state index in [1.54, 1.807) is 23.6 Å². The summed E-state index contributed by atoms with van der Waals surface area (Å²) in [6.07, 6.45) is 1.57. The lowest BCUT2D eigenvalue weighted by molar-refractivity contribution is -0.383. The van der Waals surface area contributed by atoms with Crippen LogP contribution in [0.25, 0.3) is 10.8 Å². The number of fused-ring (bicyclic) bond motifs is 1. The maximum atomic E-state index is 11.1. The first-order valence-electron chi connectivity index (χ1n) is 6.45. The van der Waals surface area contributed by atoms with Crippen LogP contribution in [-0.2, 0) is 6.54 Å². The molecule has 0 aliphatic heterocycles. The third kappa shape index (κ3) is 2.71. The molecule has 0 bridgehead atoms. The van der Waals surface area contributed by atoms with Crippen LogP contribution in [-0.4, -0.2) is 9.91 Å². The number of hydrogen-bond acceptors (Lipinski definition) is 5. The lowest BCUT2D eigenvalue weighted by Gasteiger charge is -2.10. The molecule has 0 aliphatic carbocycles. The van der Waals surface area contributed by atoms with Crippen LogP contribution in [0.15, 0.2) is 41.9 Å². The second-order valence-electron chi connectivity index (χ2n) is 4.69. The van der Waals surface area contributed by atoms with E-state index in [2.05, 4.69) is 16.4 Å². The summed E-state index contributed by atoms with van der Waals surface area (Å²) in [7, 11) is 0. The van der Waals surface area contributed by atoms with Gasteiger partial charge in [-0.3, -0.25) is 15.1 Å². The zero-order valence-corrected chi connectivity index (χ0v) is 12.2. The first kappa shape index (κ1) is 13.5. The Hall–Kier alpha value is -2.47. The average Bonchev–Trinajstić information content (AvgIpc) is 2.97. The topological polar surface area (TPSA) is 68.1 Å². The summed E-state index contributed by atoms with van der Waals surface area (Å²) < 4.78 is 0. The van der Waals surface area contributed by atoms with Crippen molar-refractivity contribution in [2.75, 3.05) is 5.32 Å². The van der Waals surface area contributed by atoms with Crippen LogP contribution in [0.5, 0.6) is 0 Å². The number of pyridine rings is 1. The molecule has 0 spiro atoms. The quantitative estimate of drug-likeness (QED) is 0.581. The van der Waals surface area contributed by atoms with Gasteiger partial charge in [0.1, 0.15) is 0 Å². The van der Waals surface area contributed by atoms with E-state index in [1.165, 1.54) is 10.9 Å². The number of aryl methyl sites for hydroxylation is 1. The summed E-state index contributed by atoms with van der Waals surface area (Å²) in [5.41, 5.74) is 1.80. The van der Waals surface area contributed by atoms with Crippen molar-refractivity contribution >= 4 is 33.5 Å². The number of nitrogens with zero attached hydrogens (tertiary/aromatic N) is 2. The van der Waals surface area contributed by atoms with Gasteiger partial charge in [-0.25, -0.2) is 0 Å². The number of nitrogens with one attached hydrogen (secondary N) is 1. The number of hydrogen-bond donors (Lipinski definition) is 1. The monoisotopic (exact) mass is 299 g/mol. The molecule has 21 heavy (non-hydrogen) atoms. The zero-order valence-electron chi connectivity index (χ0n) is 11.4. The highest BCUT2D eigenvalue weighted by molar-refractivity contribution is 7.09. The van der Waals surface area contributed by atoms with E-state index >= 15 is 0 Å². The van der Waals surface area contributed by atoms with Crippen LogP contribution in [0.3, 0.4) is 0 Å². The van der Waals surface area contributed by atoms with Crippen molar-refractivity contribution in [2.45, 2.75) is 13.5 Å². The molecule has 0 saturated carbocycles. The summed E-state index contributed by atoms with van der Waals surface area (Å²) in [4.78, 5) is 16.1. The average molecular weight is 299 g/mol. The van der Waals surface area contributed by atoms with E-state index in [4.69, 9.17) is 0 Å². The lowest BCUT2D eigenvalue weighted by Crippen LogP contribution is -2.00. The molecule has 0 radical (unpaired) electrons. The van der Waals surface area contributed by atoms with Gasteiger partial charge < -0.3 is 5.32 Å². The first-order chi connectivity index (χ1) is 10.1. The highest BCUT2D eigenvalue weighted by atomic mass is 32.1. The first-order valence-corrected chi connectivity index (χ1v) is 7.33. The van der Waals surface area contributed by atoms with Crippen molar-refractivity contribution in [2.24, 2.45) is 0 Å². The molecular formula is C15H13N3O2S. The molecule has 0 aliphatic rings. The number of rotatable bonds is 4. The van der Waals surface area contributed by atoms with Crippen molar-refractivity contribution in [3.63, 3.8) is 0 Å². The summed E-state index contributed by atoms with van der Waals surface area (Å²) in [6, 6.07) is 9.21. The largest absolute Gasteiger partial charge is 0.380 e. The van der Waals surface area contributed by atoms with Gasteiger partial charge in [-0.15, -0.1) is 11.3 Å². The number of aromatic nitrogens is 1. The Morgan fingerprint density at radius 3 is 2.90 bits per heavy atom. The van der Waals surface area contributed by atoms with Crippen LogP contribution >= 0.6 is 11.3 Å². The molecule has 3 rings (SSSR count). The maximum absolute atomic E-state index is 11.1. The van der Waals surface area contributed by atoms with Crippen molar-refractivity contribution in [1.29, 1.82) is 0 Å². The molecule has 6 heteroatoms. The van der Waals surface area contributed by atoms with Gasteiger partial charge in [0.05, 0.1) is 10.3 Å². The van der Waals surface area contributed by atoms with Crippen LogP contribution < -0.4 is 5.32 Å². The van der Waals surface area contributed by atoms with E-state index in [-0.39, 0.29) is 10.6 Å². The van der Waals surface area contributed by atoms with Crippen LogP contribution in [0, 0.1) is 17.0 Å². The van der Waals surface area contributed by atoms with Gasteiger partial charge in [0.15, 0.2) is 0 Å². The molecule has 2 heterocycles. The predicted molar refractivity (Wildman–Crippen MR) is 84.8 cm³/mol. The zero-order chi connectivity index (χ0) is 14.8. The highest BCUT2D eigenvalue weighted by Gasteiger charge is 2.14. The van der Waals surface area contributed by atoms with Crippen molar-refractivity contribution in [1.82, 2.24) is 4.98 Å². The summed E-state index contributed by atoms with van der Waals surface area (Å²) in [6.45, 7) is 2.58. The van der Waals surface area contributed by atoms with Crippen LogP contribution in [0.2, 0.25) is 0 Å². The Morgan fingerprint density at radius 2 is 2.19 bits per heavy atom. The van der Waals surface area contributed by atoms with Crippen molar-refractivity contribution in [3.05, 3.63) is 62.6 Å². The third-order valence-corrected chi connectivity index (χ3v) is 4.12. The summed E-state index contributed by atoms with van der Waals surface area (Å²) in [5, 5.41) is 17.9. The Labute approximate surface area is 125 Å². The Kier molecular flexibility index (Phi) is 3.53. The Bertz CT molecular complexity index is 800. The molecule has 3 aromatic rings. The number of nitro benzene ring substituents is 1. The summed E-state index contributed by atoms with van der Waals surface area (Å²) >= 11 is 1.68. The molecular weight excluding hydrogens is 286 g/mol. The molecule has 1 aromatic carbocycles. The van der Waals surface area contributed by atoms with Crippen LogP contribution in [0.4, 0.5) is 11.4 Å². The number of thiophene rings is 1. The van der Waals surface area contributed by atoms with E-state index in [9.17, 15) is 10.1 Å². The fourth-order valence-corrected chi connectivity index (χ4v) is 2.88. The number of nitro groups is 1. The second kappa shape index (κ2) is 5.49. The van der Waals surface area contributed by atoms with Crippen molar-refractivity contribution < 1.29 is 4.92 Å². The van der Waals surface area contributed by atoms with Crippen LogP contribution in [0.1, 0.15) is 10.6 Å².